The number of esters is 1. The summed E-state index contributed by atoms with van der Waals surface area (Å²) in [5.41, 5.74) is 0.856. The van der Waals surface area contributed by atoms with Crippen LogP contribution in [-0.4, -0.2) is 28.5 Å². The Morgan fingerprint density at radius 1 is 1.16 bits per heavy atom. The Bertz CT molecular complexity index is 746. The molecule has 0 amide bonds. The van der Waals surface area contributed by atoms with Gasteiger partial charge in [0.15, 0.2) is 0 Å². The van der Waals surface area contributed by atoms with E-state index in [1.54, 1.807) is 0 Å². The number of allylic oxidation sites excluding steroid dienone is 1. The monoisotopic (exact) mass is 343 g/mol. The van der Waals surface area contributed by atoms with E-state index in [0.29, 0.717) is 11.6 Å². The van der Waals surface area contributed by atoms with Gasteiger partial charge in [-0.3, -0.25) is 4.79 Å². The maximum Gasteiger partial charge on any atom is 0.345 e. The second-order valence-corrected chi connectivity index (χ2v) is 7.60. The van der Waals surface area contributed by atoms with Gasteiger partial charge in [-0.1, -0.05) is 32.1 Å². The average molecular weight is 343 g/mol. The van der Waals surface area contributed by atoms with Gasteiger partial charge in [-0.05, 0) is 43.7 Å². The average Bonchev–Trinajstić information content (AvgIpc) is 3.29. The van der Waals surface area contributed by atoms with E-state index < -0.39 is 17.3 Å². The van der Waals surface area contributed by atoms with Crippen LogP contribution in [-0.2, 0) is 15.1 Å². The fraction of sp³-hybridized carbons (Fsp3) is 0.600. The largest absolute Gasteiger partial charge is 0.509 e. The van der Waals surface area contributed by atoms with Crippen molar-refractivity contribution in [2.75, 3.05) is 7.11 Å². The lowest BCUT2D eigenvalue weighted by Crippen LogP contribution is -2.43. The zero-order valence-electron chi connectivity index (χ0n) is 14.7. The van der Waals surface area contributed by atoms with Crippen LogP contribution in [0.4, 0.5) is 0 Å². The molecule has 0 aromatic carbocycles. The number of ketones is 1. The van der Waals surface area contributed by atoms with Crippen LogP contribution in [0.1, 0.15) is 79.9 Å². The molecule has 1 spiro atoms. The third kappa shape index (κ3) is 2.28. The number of Topliss-reactive ketones (excluding diaryl/α,β-unsaturated/α-hetero) is 1. The maximum absolute atomic E-state index is 12.9. The van der Waals surface area contributed by atoms with Crippen molar-refractivity contribution in [1.82, 2.24) is 4.57 Å². The van der Waals surface area contributed by atoms with Crippen LogP contribution < -0.4 is 0 Å². The highest BCUT2D eigenvalue weighted by Crippen LogP contribution is 2.49. The van der Waals surface area contributed by atoms with Crippen molar-refractivity contribution in [3.63, 3.8) is 0 Å². The van der Waals surface area contributed by atoms with Crippen molar-refractivity contribution in [3.8, 4) is 0 Å². The van der Waals surface area contributed by atoms with E-state index in [-0.39, 0.29) is 11.3 Å². The molecule has 0 saturated heterocycles. The maximum atomic E-state index is 12.9. The summed E-state index contributed by atoms with van der Waals surface area (Å²) in [6, 6.07) is 3.87. The summed E-state index contributed by atoms with van der Waals surface area (Å²) in [5.74, 6) is -0.799. The van der Waals surface area contributed by atoms with Gasteiger partial charge in [0.25, 0.3) is 0 Å². The van der Waals surface area contributed by atoms with Crippen molar-refractivity contribution < 1.29 is 19.4 Å². The van der Waals surface area contributed by atoms with E-state index in [0.717, 1.165) is 44.2 Å². The Morgan fingerprint density at radius 3 is 2.48 bits per heavy atom. The van der Waals surface area contributed by atoms with Crippen molar-refractivity contribution >= 4 is 11.8 Å². The number of aliphatic hydroxyl groups excluding tert-OH is 1. The molecule has 2 saturated carbocycles. The van der Waals surface area contributed by atoms with Crippen LogP contribution in [0.3, 0.4) is 0 Å². The van der Waals surface area contributed by atoms with E-state index in [2.05, 4.69) is 4.57 Å². The fourth-order valence-corrected chi connectivity index (χ4v) is 5.11. The summed E-state index contributed by atoms with van der Waals surface area (Å²) >= 11 is 0. The molecule has 2 aliphatic carbocycles. The first-order valence-electron chi connectivity index (χ1n) is 9.39. The summed E-state index contributed by atoms with van der Waals surface area (Å²) in [4.78, 5) is 25.1. The summed E-state index contributed by atoms with van der Waals surface area (Å²) in [7, 11) is 1.25. The Hall–Kier alpha value is -2.04. The molecule has 4 rings (SSSR count). The number of hydrogen-bond acceptors (Lipinski definition) is 4. The number of carbonyl (C=O) groups excluding carboxylic acids is 2. The first-order chi connectivity index (χ1) is 12.1. The smallest absolute Gasteiger partial charge is 0.345 e. The molecule has 1 aromatic heterocycles. The van der Waals surface area contributed by atoms with Gasteiger partial charge >= 0.3 is 5.97 Å². The zero-order chi connectivity index (χ0) is 17.6. The molecule has 1 aromatic rings. The van der Waals surface area contributed by atoms with E-state index in [1.807, 2.05) is 12.1 Å². The van der Waals surface area contributed by atoms with Gasteiger partial charge in [-0.2, -0.15) is 0 Å². The molecule has 3 aliphatic rings. The zero-order valence-corrected chi connectivity index (χ0v) is 14.7. The number of hydrogen-bond donors (Lipinski definition) is 1. The molecule has 0 bridgehead atoms. The van der Waals surface area contributed by atoms with Crippen LogP contribution in [0.2, 0.25) is 0 Å². The topological polar surface area (TPSA) is 68.5 Å². The second-order valence-electron chi connectivity index (χ2n) is 7.60. The van der Waals surface area contributed by atoms with Crippen molar-refractivity contribution in [2.24, 2.45) is 0 Å². The van der Waals surface area contributed by atoms with Crippen LogP contribution >= 0.6 is 0 Å². The van der Waals surface area contributed by atoms with Crippen molar-refractivity contribution in [3.05, 3.63) is 34.9 Å². The molecule has 1 N–H and O–H groups in total. The van der Waals surface area contributed by atoms with Gasteiger partial charge in [0, 0.05) is 5.69 Å². The lowest BCUT2D eigenvalue weighted by Gasteiger charge is -2.39. The van der Waals surface area contributed by atoms with E-state index in [1.165, 1.54) is 26.4 Å². The Balaban J connectivity index is 1.89. The minimum Gasteiger partial charge on any atom is -0.509 e. The van der Waals surface area contributed by atoms with Gasteiger partial charge in [-0.25, -0.2) is 4.79 Å². The van der Waals surface area contributed by atoms with Gasteiger partial charge < -0.3 is 14.4 Å². The van der Waals surface area contributed by atoms with Gasteiger partial charge in [0.2, 0.25) is 5.78 Å². The molecular weight excluding hydrogens is 318 g/mol. The molecule has 2 heterocycles. The summed E-state index contributed by atoms with van der Waals surface area (Å²) < 4.78 is 6.87. The molecule has 1 aliphatic heterocycles. The molecule has 5 heteroatoms. The van der Waals surface area contributed by atoms with Crippen LogP contribution in [0, 0.1) is 0 Å². The number of rotatable bonds is 2. The Morgan fingerprint density at radius 2 is 1.84 bits per heavy atom. The minimum atomic E-state index is -0.736. The predicted octanol–water partition coefficient (Wildman–Crippen LogP) is 3.99. The standard InChI is InChI=1S/C20H25NO4/c1-25-19(24)16-17(22)15-10-9-14(13-7-3-2-4-8-13)21(15)20(18(16)23)11-5-6-12-20/h9-10,13,23H,2-8,11-12H2,1H3. The molecule has 5 nitrogen and oxygen atoms in total. The molecule has 2 fully saturated rings. The number of ether oxygens (including phenoxy) is 1. The van der Waals surface area contributed by atoms with Crippen molar-refractivity contribution in [2.45, 2.75) is 69.2 Å². The highest BCUT2D eigenvalue weighted by Gasteiger charge is 2.50. The van der Waals surface area contributed by atoms with Gasteiger partial charge in [0.05, 0.1) is 12.8 Å². The second kappa shape index (κ2) is 6.04. The molecule has 134 valence electrons. The van der Waals surface area contributed by atoms with Crippen LogP contribution in [0.25, 0.3) is 0 Å². The SMILES string of the molecule is COC(=O)C1=C(O)C2(CCCC2)n2c(ccc2C2CCCCC2)C1=O. The number of carbonyl (C=O) groups is 2. The van der Waals surface area contributed by atoms with Gasteiger partial charge in [-0.15, -0.1) is 0 Å². The third-order valence-electron chi connectivity index (χ3n) is 6.32. The predicted molar refractivity (Wildman–Crippen MR) is 92.7 cm³/mol. The molecule has 25 heavy (non-hydrogen) atoms. The minimum absolute atomic E-state index is 0.0809. The summed E-state index contributed by atoms with van der Waals surface area (Å²) in [5, 5.41) is 11.0. The Kier molecular flexibility index (Phi) is 3.97. The first-order valence-corrected chi connectivity index (χ1v) is 9.39. The molecule has 0 unspecified atom stereocenters. The normalized spacial score (nSPS) is 23.2. The quantitative estimate of drug-likeness (QED) is 0.651. The van der Waals surface area contributed by atoms with E-state index in [9.17, 15) is 14.7 Å². The number of methoxy groups -OCH3 is 1. The number of fused-ring (bicyclic) bond motifs is 2. The van der Waals surface area contributed by atoms with E-state index in [4.69, 9.17) is 4.74 Å². The summed E-state index contributed by atoms with van der Waals surface area (Å²) in [6.45, 7) is 0. The first kappa shape index (κ1) is 16.4. The lowest BCUT2D eigenvalue weighted by molar-refractivity contribution is -0.136. The fourth-order valence-electron chi connectivity index (χ4n) is 5.11. The molecule has 0 radical (unpaired) electrons. The van der Waals surface area contributed by atoms with E-state index >= 15 is 0 Å². The number of aromatic nitrogens is 1. The highest BCUT2D eigenvalue weighted by molar-refractivity contribution is 6.24. The van der Waals surface area contributed by atoms with Crippen LogP contribution in [0.15, 0.2) is 23.5 Å². The third-order valence-corrected chi connectivity index (χ3v) is 6.32. The highest BCUT2D eigenvalue weighted by atomic mass is 16.5. The summed E-state index contributed by atoms with van der Waals surface area (Å²) in [6.07, 6.45) is 9.42. The van der Waals surface area contributed by atoms with Crippen LogP contribution in [0.5, 0.6) is 0 Å². The lowest BCUT2D eigenvalue weighted by atomic mass is 9.82. The number of aliphatic hydroxyl groups is 1. The van der Waals surface area contributed by atoms with Gasteiger partial charge in [0.1, 0.15) is 16.9 Å². The Labute approximate surface area is 147 Å². The molecule has 0 atom stereocenters. The number of nitrogens with zero attached hydrogens (tertiary/aromatic N) is 1. The van der Waals surface area contributed by atoms with Crippen molar-refractivity contribution in [1.29, 1.82) is 0 Å². The molecular formula is C20H25NO4.